The smallest absolute Gasteiger partial charge is 0.327 e. The molecular formula is C23H24ClNO5S. The minimum Gasteiger partial charge on any atom is -0.495 e. The summed E-state index contributed by atoms with van der Waals surface area (Å²) in [6, 6.07) is 12.0. The number of H-pyrrole nitrogens is 1. The summed E-state index contributed by atoms with van der Waals surface area (Å²) in [5.41, 5.74) is 3.00. The molecule has 0 saturated heterocycles. The fourth-order valence-electron chi connectivity index (χ4n) is 4.64. The zero-order chi connectivity index (χ0) is 22.4. The number of methoxy groups -OCH3 is 2. The van der Waals surface area contributed by atoms with Crippen LogP contribution in [-0.4, -0.2) is 38.3 Å². The van der Waals surface area contributed by atoms with Crippen molar-refractivity contribution in [2.75, 3.05) is 14.2 Å². The number of benzene rings is 2. The number of para-hydroxylation sites is 1. The molecule has 0 saturated carbocycles. The first kappa shape index (κ1) is 21.7. The predicted molar refractivity (Wildman–Crippen MR) is 119 cm³/mol. The molecule has 3 aromatic rings. The molecule has 1 aliphatic rings. The van der Waals surface area contributed by atoms with Crippen molar-refractivity contribution in [3.63, 3.8) is 0 Å². The Balaban J connectivity index is 1.82. The minimum atomic E-state index is -4.13. The monoisotopic (exact) mass is 461 g/mol. The Morgan fingerprint density at radius 3 is 2.65 bits per heavy atom. The van der Waals surface area contributed by atoms with Gasteiger partial charge < -0.3 is 14.5 Å². The summed E-state index contributed by atoms with van der Waals surface area (Å²) in [4.78, 5) is 16.4. The first-order chi connectivity index (χ1) is 14.7. The number of aromatic amines is 1. The molecule has 0 radical (unpaired) electrons. The molecular weight excluding hydrogens is 438 g/mol. The Kier molecular flexibility index (Phi) is 5.52. The lowest BCUT2D eigenvalue weighted by Gasteiger charge is -2.37. The molecule has 2 atom stereocenters. The number of hydrogen-bond acceptors (Lipinski definition) is 5. The molecule has 0 bridgehead atoms. The second-order valence-electron chi connectivity index (χ2n) is 7.96. The van der Waals surface area contributed by atoms with E-state index in [4.69, 9.17) is 21.1 Å². The topological polar surface area (TPSA) is 85.5 Å². The van der Waals surface area contributed by atoms with Crippen LogP contribution in [-0.2, 0) is 32.2 Å². The maximum absolute atomic E-state index is 13.9. The molecule has 0 amide bonds. The summed E-state index contributed by atoms with van der Waals surface area (Å²) in [6.07, 6.45) is 1.56. The lowest BCUT2D eigenvalue weighted by Crippen LogP contribution is -2.52. The predicted octanol–water partition coefficient (Wildman–Crippen LogP) is 4.34. The number of esters is 1. The number of aromatic nitrogens is 1. The van der Waals surface area contributed by atoms with Crippen LogP contribution in [0.2, 0.25) is 5.02 Å². The lowest BCUT2D eigenvalue weighted by molar-refractivity contribution is -0.145. The molecule has 1 N–H and O–H groups in total. The van der Waals surface area contributed by atoms with E-state index < -0.39 is 26.5 Å². The Hall–Kier alpha value is -2.51. The van der Waals surface area contributed by atoms with E-state index in [0.29, 0.717) is 24.3 Å². The van der Waals surface area contributed by atoms with E-state index in [1.807, 2.05) is 18.2 Å². The van der Waals surface area contributed by atoms with Gasteiger partial charge in [-0.15, -0.1) is 0 Å². The molecule has 1 aromatic heterocycles. The number of hydrogen-bond donors (Lipinski definition) is 1. The number of aryl methyl sites for hydroxylation is 1. The highest BCUT2D eigenvalue weighted by molar-refractivity contribution is 7.93. The summed E-state index contributed by atoms with van der Waals surface area (Å²) in [5.74, 6) is -1.05. The van der Waals surface area contributed by atoms with E-state index in [0.717, 1.165) is 22.2 Å². The molecule has 31 heavy (non-hydrogen) atoms. The van der Waals surface area contributed by atoms with Gasteiger partial charge in [0.25, 0.3) is 0 Å². The number of ether oxygens (including phenoxy) is 2. The van der Waals surface area contributed by atoms with Crippen LogP contribution in [0.4, 0.5) is 0 Å². The fourth-order valence-corrected chi connectivity index (χ4v) is 6.89. The van der Waals surface area contributed by atoms with Crippen molar-refractivity contribution in [3.05, 3.63) is 58.7 Å². The molecule has 1 heterocycles. The van der Waals surface area contributed by atoms with Crippen LogP contribution < -0.4 is 4.74 Å². The van der Waals surface area contributed by atoms with Crippen LogP contribution in [0.1, 0.15) is 24.6 Å². The quantitative estimate of drug-likeness (QED) is 0.571. The average Bonchev–Trinajstić information content (AvgIpc) is 3.14. The lowest BCUT2D eigenvalue weighted by atomic mass is 9.79. The third-order valence-electron chi connectivity index (χ3n) is 6.44. The number of carbonyl (C=O) groups is 1. The van der Waals surface area contributed by atoms with Gasteiger partial charge in [-0.3, -0.25) is 4.79 Å². The largest absolute Gasteiger partial charge is 0.495 e. The summed E-state index contributed by atoms with van der Waals surface area (Å²) in [5, 5.41) is 1.68. The van der Waals surface area contributed by atoms with Crippen LogP contribution in [0.3, 0.4) is 0 Å². The molecule has 0 aliphatic heterocycles. The zero-order valence-corrected chi connectivity index (χ0v) is 19.1. The van der Waals surface area contributed by atoms with Gasteiger partial charge >= 0.3 is 5.97 Å². The number of sulfone groups is 1. The van der Waals surface area contributed by atoms with Crippen molar-refractivity contribution in [1.82, 2.24) is 4.98 Å². The van der Waals surface area contributed by atoms with Crippen molar-refractivity contribution in [2.45, 2.75) is 35.8 Å². The van der Waals surface area contributed by atoms with Gasteiger partial charge in [0.15, 0.2) is 14.6 Å². The summed E-state index contributed by atoms with van der Waals surface area (Å²) in [6.45, 7) is 1.47. The van der Waals surface area contributed by atoms with Gasteiger partial charge in [-0.2, -0.15) is 0 Å². The third kappa shape index (κ3) is 3.31. The molecule has 4 rings (SSSR count). The maximum Gasteiger partial charge on any atom is 0.327 e. The third-order valence-corrected chi connectivity index (χ3v) is 9.20. The first-order valence-electron chi connectivity index (χ1n) is 9.99. The van der Waals surface area contributed by atoms with Gasteiger partial charge in [0.05, 0.1) is 14.2 Å². The number of halogens is 1. The number of rotatable bonds is 5. The molecule has 1 aliphatic carbocycles. The van der Waals surface area contributed by atoms with Gasteiger partial charge in [0.2, 0.25) is 0 Å². The van der Waals surface area contributed by atoms with Gasteiger partial charge in [-0.05, 0) is 68.0 Å². The Morgan fingerprint density at radius 2 is 1.94 bits per heavy atom. The van der Waals surface area contributed by atoms with Gasteiger partial charge in [0.1, 0.15) is 10.6 Å². The van der Waals surface area contributed by atoms with Crippen LogP contribution in [0.15, 0.2) is 47.4 Å². The number of fused-ring (bicyclic) bond motifs is 3. The van der Waals surface area contributed by atoms with E-state index in [9.17, 15) is 13.2 Å². The van der Waals surface area contributed by atoms with Crippen molar-refractivity contribution >= 4 is 38.3 Å². The van der Waals surface area contributed by atoms with E-state index in [1.54, 1.807) is 18.2 Å². The fraction of sp³-hybridized carbons (Fsp3) is 0.348. The SMILES string of the molecule is COC(=O)C(C)(C1CCc2c([nH]c3ccc(Cl)cc23)C1)S(=O)(=O)c1ccccc1OC. The molecule has 2 unspecified atom stereocenters. The molecule has 6 nitrogen and oxygen atoms in total. The van der Waals surface area contributed by atoms with E-state index in [2.05, 4.69) is 4.98 Å². The molecule has 0 fully saturated rings. The Labute approximate surface area is 186 Å². The Morgan fingerprint density at radius 1 is 1.19 bits per heavy atom. The minimum absolute atomic E-state index is 0.0142. The highest BCUT2D eigenvalue weighted by atomic mass is 35.5. The van der Waals surface area contributed by atoms with Crippen molar-refractivity contribution < 1.29 is 22.7 Å². The first-order valence-corrected chi connectivity index (χ1v) is 11.8. The van der Waals surface area contributed by atoms with Gasteiger partial charge in [0, 0.05) is 21.6 Å². The van der Waals surface area contributed by atoms with Crippen molar-refractivity contribution in [2.24, 2.45) is 5.92 Å². The highest BCUT2D eigenvalue weighted by Gasteiger charge is 2.55. The van der Waals surface area contributed by atoms with Crippen LogP contribution in [0.5, 0.6) is 5.75 Å². The standard InChI is InChI=1S/C23H24ClNO5S/c1-23(22(26)30-3,31(27,28)21-7-5-4-6-20(21)29-2)14-8-10-16-17-13-15(24)9-11-18(17)25-19(16)12-14/h4-7,9,11,13-14,25H,8,10,12H2,1-3H3. The van der Waals surface area contributed by atoms with E-state index in [-0.39, 0.29) is 10.6 Å². The van der Waals surface area contributed by atoms with Crippen molar-refractivity contribution in [1.29, 1.82) is 0 Å². The van der Waals surface area contributed by atoms with Crippen molar-refractivity contribution in [3.8, 4) is 5.75 Å². The molecule has 2 aromatic carbocycles. The number of nitrogens with one attached hydrogen (secondary N) is 1. The summed E-state index contributed by atoms with van der Waals surface area (Å²) >= 11 is 6.17. The maximum atomic E-state index is 13.9. The van der Waals surface area contributed by atoms with E-state index >= 15 is 0 Å². The second kappa shape index (κ2) is 7.88. The second-order valence-corrected chi connectivity index (χ2v) is 10.7. The Bertz CT molecular complexity index is 1270. The van der Waals surface area contributed by atoms with Crippen LogP contribution in [0, 0.1) is 5.92 Å². The molecule has 164 valence electrons. The van der Waals surface area contributed by atoms with Crippen LogP contribution >= 0.6 is 11.6 Å². The van der Waals surface area contributed by atoms with Gasteiger partial charge in [-0.1, -0.05) is 23.7 Å². The summed E-state index contributed by atoms with van der Waals surface area (Å²) < 4.78 is 36.2. The van der Waals surface area contributed by atoms with E-state index in [1.165, 1.54) is 27.2 Å². The molecule has 0 spiro atoms. The van der Waals surface area contributed by atoms with Gasteiger partial charge in [-0.25, -0.2) is 8.42 Å². The molecule has 8 heteroatoms. The zero-order valence-electron chi connectivity index (χ0n) is 17.6. The summed E-state index contributed by atoms with van der Waals surface area (Å²) in [7, 11) is -1.50. The highest BCUT2D eigenvalue weighted by Crippen LogP contribution is 2.44. The normalized spacial score (nSPS) is 18.3. The van der Waals surface area contributed by atoms with Crippen LogP contribution in [0.25, 0.3) is 10.9 Å². The average molecular weight is 462 g/mol. The number of carbonyl (C=O) groups excluding carboxylic acids is 1.